The lowest BCUT2D eigenvalue weighted by atomic mass is 9.80. The van der Waals surface area contributed by atoms with Gasteiger partial charge in [-0.15, -0.1) is 0 Å². The third-order valence-electron chi connectivity index (χ3n) is 4.59. The Bertz CT molecular complexity index is 706. The van der Waals surface area contributed by atoms with Gasteiger partial charge in [0.15, 0.2) is 5.82 Å². The highest BCUT2D eigenvalue weighted by molar-refractivity contribution is 5.88. The van der Waals surface area contributed by atoms with Crippen molar-refractivity contribution < 1.29 is 9.94 Å². The number of nitrogens with zero attached hydrogens (tertiary/aromatic N) is 3. The third-order valence-corrected chi connectivity index (χ3v) is 4.59. The Kier molecular flexibility index (Phi) is 3.80. The minimum atomic E-state index is -0.645. The molecule has 0 saturated heterocycles. The van der Waals surface area contributed by atoms with Gasteiger partial charge in [-0.1, -0.05) is 0 Å². The lowest BCUT2D eigenvalue weighted by molar-refractivity contribution is -0.0474. The molecule has 0 spiro atoms. The van der Waals surface area contributed by atoms with Crippen LogP contribution in [0.15, 0.2) is 0 Å². The SMILES string of the molecule is CONCc1nc2c(N)nc(C)c(C)c2n1CC1(O)CCC1. The average molecular weight is 305 g/mol. The van der Waals surface area contributed by atoms with Gasteiger partial charge in [-0.05, 0) is 38.7 Å². The second kappa shape index (κ2) is 5.49. The molecule has 1 saturated carbocycles. The molecular formula is C15H23N5O2. The zero-order chi connectivity index (χ0) is 15.9. The zero-order valence-electron chi connectivity index (χ0n) is 13.3. The molecule has 22 heavy (non-hydrogen) atoms. The lowest BCUT2D eigenvalue weighted by Gasteiger charge is -2.37. The second-order valence-electron chi connectivity index (χ2n) is 6.12. The molecule has 0 radical (unpaired) electrons. The number of hydrogen-bond acceptors (Lipinski definition) is 6. The van der Waals surface area contributed by atoms with Crippen molar-refractivity contribution in [2.75, 3.05) is 12.8 Å². The van der Waals surface area contributed by atoms with E-state index >= 15 is 0 Å². The molecule has 0 bridgehead atoms. The Hall–Kier alpha value is -1.70. The Labute approximate surface area is 129 Å². The Morgan fingerprint density at radius 2 is 2.09 bits per heavy atom. The molecule has 2 heterocycles. The van der Waals surface area contributed by atoms with Gasteiger partial charge in [-0.25, -0.2) is 9.97 Å². The van der Waals surface area contributed by atoms with E-state index in [9.17, 15) is 5.11 Å². The summed E-state index contributed by atoms with van der Waals surface area (Å²) in [5, 5.41) is 10.6. The number of aliphatic hydroxyl groups is 1. The van der Waals surface area contributed by atoms with Crippen molar-refractivity contribution >= 4 is 16.9 Å². The van der Waals surface area contributed by atoms with Crippen molar-refractivity contribution in [2.45, 2.75) is 51.8 Å². The van der Waals surface area contributed by atoms with Crippen molar-refractivity contribution in [1.29, 1.82) is 0 Å². The topological polar surface area (TPSA) is 98.2 Å². The first kappa shape index (κ1) is 15.2. The van der Waals surface area contributed by atoms with Crippen molar-refractivity contribution in [1.82, 2.24) is 20.0 Å². The molecule has 7 nitrogen and oxygen atoms in total. The first-order valence-corrected chi connectivity index (χ1v) is 7.55. The first-order valence-electron chi connectivity index (χ1n) is 7.55. The average Bonchev–Trinajstić information content (AvgIpc) is 2.80. The lowest BCUT2D eigenvalue weighted by Crippen LogP contribution is -2.41. The molecule has 4 N–H and O–H groups in total. The number of pyridine rings is 1. The van der Waals surface area contributed by atoms with Crippen molar-refractivity contribution in [2.24, 2.45) is 0 Å². The van der Waals surface area contributed by atoms with Crippen LogP contribution < -0.4 is 11.2 Å². The van der Waals surface area contributed by atoms with Gasteiger partial charge >= 0.3 is 0 Å². The molecule has 0 amide bonds. The molecule has 0 aliphatic heterocycles. The monoisotopic (exact) mass is 305 g/mol. The van der Waals surface area contributed by atoms with Crippen LogP contribution >= 0.6 is 0 Å². The van der Waals surface area contributed by atoms with Gasteiger partial charge in [-0.3, -0.25) is 0 Å². The number of hydroxylamine groups is 1. The maximum Gasteiger partial charge on any atom is 0.151 e. The molecule has 0 atom stereocenters. The molecule has 1 aliphatic rings. The van der Waals surface area contributed by atoms with E-state index in [0.717, 1.165) is 41.9 Å². The highest BCUT2D eigenvalue weighted by Crippen LogP contribution is 2.35. The maximum atomic E-state index is 10.6. The minimum absolute atomic E-state index is 0.427. The summed E-state index contributed by atoms with van der Waals surface area (Å²) in [5.74, 6) is 1.22. The summed E-state index contributed by atoms with van der Waals surface area (Å²) in [7, 11) is 1.57. The number of aryl methyl sites for hydroxylation is 2. The van der Waals surface area contributed by atoms with Crippen LogP contribution in [0.25, 0.3) is 11.0 Å². The summed E-state index contributed by atoms with van der Waals surface area (Å²) in [4.78, 5) is 13.9. The molecule has 0 aromatic carbocycles. The summed E-state index contributed by atoms with van der Waals surface area (Å²) in [6.07, 6.45) is 2.71. The van der Waals surface area contributed by atoms with Crippen LogP contribution in [0.5, 0.6) is 0 Å². The summed E-state index contributed by atoms with van der Waals surface area (Å²) >= 11 is 0. The third kappa shape index (κ3) is 2.45. The number of imidazole rings is 1. The number of aromatic nitrogens is 3. The van der Waals surface area contributed by atoms with E-state index in [4.69, 9.17) is 10.6 Å². The molecule has 120 valence electrons. The van der Waals surface area contributed by atoms with E-state index < -0.39 is 5.60 Å². The summed E-state index contributed by atoms with van der Waals surface area (Å²) in [6, 6.07) is 0. The van der Waals surface area contributed by atoms with Crippen LogP contribution in [0.3, 0.4) is 0 Å². The molecule has 0 unspecified atom stereocenters. The molecule has 1 aliphatic carbocycles. The Morgan fingerprint density at radius 3 is 2.68 bits per heavy atom. The van der Waals surface area contributed by atoms with Crippen LogP contribution in [0.1, 0.15) is 36.3 Å². The van der Waals surface area contributed by atoms with Crippen molar-refractivity contribution in [3.63, 3.8) is 0 Å². The van der Waals surface area contributed by atoms with Crippen LogP contribution in [-0.4, -0.2) is 32.4 Å². The van der Waals surface area contributed by atoms with Crippen molar-refractivity contribution in [3.05, 3.63) is 17.1 Å². The molecule has 2 aromatic rings. The maximum absolute atomic E-state index is 10.6. The van der Waals surface area contributed by atoms with Crippen LogP contribution in [0.4, 0.5) is 5.82 Å². The van der Waals surface area contributed by atoms with E-state index in [2.05, 4.69) is 20.0 Å². The molecule has 1 fully saturated rings. The van der Waals surface area contributed by atoms with E-state index in [0.29, 0.717) is 24.4 Å². The van der Waals surface area contributed by atoms with Gasteiger partial charge in [0.1, 0.15) is 11.3 Å². The number of nitrogen functional groups attached to an aromatic ring is 1. The molecular weight excluding hydrogens is 282 g/mol. The van der Waals surface area contributed by atoms with E-state index in [1.54, 1.807) is 7.11 Å². The van der Waals surface area contributed by atoms with Gasteiger partial charge in [-0.2, -0.15) is 5.48 Å². The minimum Gasteiger partial charge on any atom is -0.388 e. The molecule has 3 rings (SSSR count). The first-order chi connectivity index (χ1) is 10.4. The standard InChI is InChI=1S/C15H23N5O2/c1-9-10(2)18-14(16)12-13(9)20(8-15(21)5-4-6-15)11(19-12)7-17-22-3/h17,21H,4-8H2,1-3H3,(H2,16,18). The fraction of sp³-hybridized carbons (Fsp3) is 0.600. The quantitative estimate of drug-likeness (QED) is 0.718. The largest absolute Gasteiger partial charge is 0.388 e. The molecule has 7 heteroatoms. The number of fused-ring (bicyclic) bond motifs is 1. The number of rotatable bonds is 5. The van der Waals surface area contributed by atoms with Gasteiger partial charge in [0, 0.05) is 5.69 Å². The normalized spacial score (nSPS) is 16.9. The number of nitrogens with one attached hydrogen (secondary N) is 1. The highest BCUT2D eigenvalue weighted by atomic mass is 16.6. The van der Waals surface area contributed by atoms with Crippen LogP contribution in [0, 0.1) is 13.8 Å². The van der Waals surface area contributed by atoms with Gasteiger partial charge in [0.05, 0.1) is 31.3 Å². The van der Waals surface area contributed by atoms with E-state index in [1.807, 2.05) is 13.8 Å². The van der Waals surface area contributed by atoms with Gasteiger partial charge < -0.3 is 20.2 Å². The highest BCUT2D eigenvalue weighted by Gasteiger charge is 2.36. The fourth-order valence-corrected chi connectivity index (χ4v) is 3.03. The van der Waals surface area contributed by atoms with Crippen LogP contribution in [0.2, 0.25) is 0 Å². The smallest absolute Gasteiger partial charge is 0.151 e. The van der Waals surface area contributed by atoms with Crippen LogP contribution in [-0.2, 0) is 17.9 Å². The fourth-order valence-electron chi connectivity index (χ4n) is 3.03. The zero-order valence-corrected chi connectivity index (χ0v) is 13.3. The van der Waals surface area contributed by atoms with Gasteiger partial charge in [0.2, 0.25) is 0 Å². The summed E-state index contributed by atoms with van der Waals surface area (Å²) in [5.41, 5.74) is 11.8. The van der Waals surface area contributed by atoms with E-state index in [-0.39, 0.29) is 0 Å². The number of hydrogen-bond donors (Lipinski definition) is 3. The number of nitrogens with two attached hydrogens (primary N) is 1. The van der Waals surface area contributed by atoms with Crippen molar-refractivity contribution in [3.8, 4) is 0 Å². The number of anilines is 1. The molecule has 2 aromatic heterocycles. The summed E-state index contributed by atoms with van der Waals surface area (Å²) in [6.45, 7) is 4.92. The second-order valence-corrected chi connectivity index (χ2v) is 6.12. The van der Waals surface area contributed by atoms with Gasteiger partial charge in [0.25, 0.3) is 0 Å². The Morgan fingerprint density at radius 1 is 1.36 bits per heavy atom. The van der Waals surface area contributed by atoms with E-state index in [1.165, 1.54) is 0 Å². The summed E-state index contributed by atoms with van der Waals surface area (Å²) < 4.78 is 2.06. The Balaban J connectivity index is 2.15. The predicted molar refractivity (Wildman–Crippen MR) is 84.1 cm³/mol. The predicted octanol–water partition coefficient (Wildman–Crippen LogP) is 1.20.